The van der Waals surface area contributed by atoms with Crippen LogP contribution in [0.5, 0.6) is 0 Å². The second kappa shape index (κ2) is 8.21. The van der Waals surface area contributed by atoms with Gasteiger partial charge in [0.2, 0.25) is 11.8 Å². The van der Waals surface area contributed by atoms with Crippen molar-refractivity contribution in [2.24, 2.45) is 0 Å². The Balaban J connectivity index is 1.97. The van der Waals surface area contributed by atoms with Crippen LogP contribution in [0.4, 0.5) is 23.2 Å². The average Bonchev–Trinajstić information content (AvgIpc) is 2.58. The zero-order valence-corrected chi connectivity index (χ0v) is 14.2. The quantitative estimate of drug-likeness (QED) is 0.750. The van der Waals surface area contributed by atoms with Gasteiger partial charge in [-0.1, -0.05) is 11.6 Å². The van der Waals surface area contributed by atoms with Crippen LogP contribution >= 0.6 is 11.6 Å². The maximum Gasteiger partial charge on any atom is 0.417 e. The number of benzene rings is 1. The van der Waals surface area contributed by atoms with Crippen molar-refractivity contribution in [2.45, 2.75) is 12.7 Å². The van der Waals surface area contributed by atoms with Gasteiger partial charge in [-0.15, -0.1) is 0 Å². The number of aromatic nitrogens is 1. The lowest BCUT2D eigenvalue weighted by Crippen LogP contribution is -2.37. The number of alkyl halides is 3. The summed E-state index contributed by atoms with van der Waals surface area (Å²) in [5, 5.41) is 3.85. The number of halogens is 5. The van der Waals surface area contributed by atoms with Crippen molar-refractivity contribution in [2.75, 3.05) is 11.9 Å². The molecule has 6 nitrogen and oxygen atoms in total. The van der Waals surface area contributed by atoms with Gasteiger partial charge in [-0.3, -0.25) is 14.4 Å². The number of rotatable bonds is 5. The number of nitrogens with one attached hydrogen (secondary N) is 2. The molecule has 11 heteroatoms. The maximum atomic E-state index is 12.8. The minimum Gasteiger partial charge on any atom is -0.345 e. The minimum absolute atomic E-state index is 0.288. The zero-order valence-electron chi connectivity index (χ0n) is 13.4. The first-order valence-electron chi connectivity index (χ1n) is 7.35. The molecule has 0 bridgehead atoms. The maximum absolute atomic E-state index is 12.8. The van der Waals surface area contributed by atoms with Crippen LogP contribution in [0.25, 0.3) is 0 Å². The van der Waals surface area contributed by atoms with E-state index in [9.17, 15) is 31.9 Å². The van der Waals surface area contributed by atoms with E-state index < -0.39 is 53.0 Å². The van der Waals surface area contributed by atoms with Gasteiger partial charge in [0, 0.05) is 11.9 Å². The van der Waals surface area contributed by atoms with Crippen LogP contribution in [0.2, 0.25) is 5.02 Å². The molecule has 1 aromatic carbocycles. The number of carbonyl (C=O) groups is 2. The molecule has 0 atom stereocenters. The Morgan fingerprint density at radius 1 is 1.11 bits per heavy atom. The summed E-state index contributed by atoms with van der Waals surface area (Å²) in [6.07, 6.45) is -4.28. The summed E-state index contributed by atoms with van der Waals surface area (Å²) in [4.78, 5) is 35.3. The van der Waals surface area contributed by atoms with Crippen molar-refractivity contribution in [3.05, 3.63) is 63.3 Å². The Morgan fingerprint density at radius 2 is 1.74 bits per heavy atom. The molecule has 0 spiro atoms. The Hall–Kier alpha value is -2.88. The smallest absolute Gasteiger partial charge is 0.345 e. The summed E-state index contributed by atoms with van der Waals surface area (Å²) < 4.78 is 51.5. The molecule has 0 saturated heterocycles. The molecule has 27 heavy (non-hydrogen) atoms. The van der Waals surface area contributed by atoms with Crippen molar-refractivity contribution in [3.63, 3.8) is 0 Å². The molecule has 1 aromatic heterocycles. The normalized spacial score (nSPS) is 11.1. The first-order chi connectivity index (χ1) is 12.6. The Labute approximate surface area is 154 Å². The van der Waals surface area contributed by atoms with E-state index in [1.54, 1.807) is 0 Å². The second-order valence-electron chi connectivity index (χ2n) is 5.34. The highest BCUT2D eigenvalue weighted by molar-refractivity contribution is 6.30. The molecule has 2 rings (SSSR count). The van der Waals surface area contributed by atoms with Crippen LogP contribution in [0.3, 0.4) is 0 Å². The van der Waals surface area contributed by atoms with Crippen LogP contribution in [-0.2, 0) is 22.3 Å². The van der Waals surface area contributed by atoms with Crippen LogP contribution < -0.4 is 16.2 Å². The van der Waals surface area contributed by atoms with Gasteiger partial charge in [-0.05, 0) is 30.3 Å². The van der Waals surface area contributed by atoms with Crippen LogP contribution in [0.15, 0.2) is 41.3 Å². The number of hydrogen-bond acceptors (Lipinski definition) is 3. The number of amides is 2. The van der Waals surface area contributed by atoms with Crippen molar-refractivity contribution in [1.29, 1.82) is 0 Å². The fourth-order valence-electron chi connectivity index (χ4n) is 2.00. The predicted molar refractivity (Wildman–Crippen MR) is 88.8 cm³/mol. The van der Waals surface area contributed by atoms with E-state index in [2.05, 4.69) is 10.6 Å². The average molecular weight is 406 g/mol. The monoisotopic (exact) mass is 405 g/mol. The molecule has 0 saturated carbocycles. The summed E-state index contributed by atoms with van der Waals surface area (Å²) >= 11 is 5.48. The third-order valence-electron chi connectivity index (χ3n) is 3.26. The number of nitrogens with zero attached hydrogens (tertiary/aromatic N) is 1. The zero-order chi connectivity index (χ0) is 20.2. The predicted octanol–water partition coefficient (Wildman–Crippen LogP) is 2.41. The summed E-state index contributed by atoms with van der Waals surface area (Å²) in [7, 11) is 0. The number of pyridine rings is 1. The number of anilines is 1. The van der Waals surface area contributed by atoms with Gasteiger partial charge in [0.05, 0.1) is 12.1 Å². The third-order valence-corrected chi connectivity index (χ3v) is 3.53. The van der Waals surface area contributed by atoms with Crippen molar-refractivity contribution >= 4 is 29.1 Å². The topological polar surface area (TPSA) is 80.2 Å². The van der Waals surface area contributed by atoms with Gasteiger partial charge in [-0.2, -0.15) is 13.2 Å². The van der Waals surface area contributed by atoms with E-state index in [4.69, 9.17) is 11.6 Å². The summed E-state index contributed by atoms with van der Waals surface area (Å²) in [5.41, 5.74) is -1.87. The van der Waals surface area contributed by atoms with Crippen molar-refractivity contribution in [1.82, 2.24) is 9.88 Å². The van der Waals surface area contributed by atoms with E-state index in [-0.39, 0.29) is 5.69 Å². The summed E-state index contributed by atoms with van der Waals surface area (Å²) in [6, 6.07) is 5.32. The summed E-state index contributed by atoms with van der Waals surface area (Å²) in [5.74, 6) is -2.02. The highest BCUT2D eigenvalue weighted by atomic mass is 35.5. The van der Waals surface area contributed by atoms with Crippen LogP contribution in [0, 0.1) is 5.82 Å². The molecule has 2 amide bonds. The minimum atomic E-state index is -4.75. The SMILES string of the molecule is O=C(Cn1cc(C(F)(F)F)cc(Cl)c1=O)NCC(=O)Nc1ccc(F)cc1. The molecule has 2 N–H and O–H groups in total. The molecule has 0 fully saturated rings. The lowest BCUT2D eigenvalue weighted by Gasteiger charge is -2.12. The standard InChI is InChI=1S/C16H12ClF4N3O3/c17-12-5-9(16(19,20)21)7-24(15(12)27)8-14(26)22-6-13(25)23-11-3-1-10(18)2-4-11/h1-5,7H,6,8H2,(H,22,26)(H,23,25). The molecule has 2 aromatic rings. The first kappa shape index (κ1) is 20.4. The van der Waals surface area contributed by atoms with E-state index >= 15 is 0 Å². The van der Waals surface area contributed by atoms with Gasteiger partial charge in [0.1, 0.15) is 17.4 Å². The summed E-state index contributed by atoms with van der Waals surface area (Å²) in [6.45, 7) is -1.26. The van der Waals surface area contributed by atoms with Gasteiger partial charge in [0.15, 0.2) is 0 Å². The van der Waals surface area contributed by atoms with Crippen molar-refractivity contribution < 1.29 is 27.2 Å². The van der Waals surface area contributed by atoms with Crippen molar-refractivity contribution in [3.8, 4) is 0 Å². The van der Waals surface area contributed by atoms with E-state index in [0.717, 1.165) is 12.1 Å². The Bertz CT molecular complexity index is 911. The molecule has 0 aliphatic rings. The fourth-order valence-corrected chi connectivity index (χ4v) is 2.23. The molecule has 0 aliphatic heterocycles. The van der Waals surface area contributed by atoms with E-state index in [1.165, 1.54) is 12.1 Å². The third kappa shape index (κ3) is 5.81. The van der Waals surface area contributed by atoms with Gasteiger partial charge in [-0.25, -0.2) is 4.39 Å². The Kier molecular flexibility index (Phi) is 6.21. The molecule has 1 heterocycles. The number of hydrogen-bond donors (Lipinski definition) is 2. The van der Waals surface area contributed by atoms with Gasteiger partial charge in [0.25, 0.3) is 5.56 Å². The number of carbonyl (C=O) groups excluding carboxylic acids is 2. The molecule has 0 unspecified atom stereocenters. The van der Waals surface area contributed by atoms with Gasteiger partial charge < -0.3 is 15.2 Å². The lowest BCUT2D eigenvalue weighted by molar-refractivity contribution is -0.138. The lowest BCUT2D eigenvalue weighted by atomic mass is 10.2. The van der Waals surface area contributed by atoms with E-state index in [1.807, 2.05) is 0 Å². The van der Waals surface area contributed by atoms with E-state index in [0.29, 0.717) is 16.8 Å². The highest BCUT2D eigenvalue weighted by Gasteiger charge is 2.32. The van der Waals surface area contributed by atoms with Gasteiger partial charge >= 0.3 is 6.18 Å². The largest absolute Gasteiger partial charge is 0.417 e. The fraction of sp³-hybridized carbons (Fsp3) is 0.188. The second-order valence-corrected chi connectivity index (χ2v) is 5.75. The molecule has 0 aliphatic carbocycles. The van der Waals surface area contributed by atoms with Crippen LogP contribution in [0.1, 0.15) is 5.56 Å². The molecular weight excluding hydrogens is 394 g/mol. The highest BCUT2D eigenvalue weighted by Crippen LogP contribution is 2.29. The molecule has 0 radical (unpaired) electrons. The van der Waals surface area contributed by atoms with Crippen LogP contribution in [-0.4, -0.2) is 22.9 Å². The molecule has 144 valence electrons. The molecular formula is C16H12ClF4N3O3. The first-order valence-corrected chi connectivity index (χ1v) is 7.73. The Morgan fingerprint density at radius 3 is 2.33 bits per heavy atom.